The van der Waals surface area contributed by atoms with Crippen molar-refractivity contribution in [2.75, 3.05) is 31.5 Å². The molecule has 1 fully saturated rings. The Morgan fingerprint density at radius 1 is 0.853 bits per heavy atom. The van der Waals surface area contributed by atoms with Gasteiger partial charge in [0.1, 0.15) is 0 Å². The van der Waals surface area contributed by atoms with Crippen LogP contribution >= 0.6 is 0 Å². The van der Waals surface area contributed by atoms with E-state index in [1.54, 1.807) is 12.1 Å². The first-order chi connectivity index (χ1) is 16.3. The second-order valence-electron chi connectivity index (χ2n) is 8.76. The van der Waals surface area contributed by atoms with Crippen LogP contribution in [0.1, 0.15) is 18.1 Å². The van der Waals surface area contributed by atoms with Crippen molar-refractivity contribution in [2.45, 2.75) is 31.7 Å². The minimum absolute atomic E-state index is 0.103. The lowest BCUT2D eigenvalue weighted by Gasteiger charge is -2.36. The molecule has 4 rings (SSSR count). The van der Waals surface area contributed by atoms with E-state index in [2.05, 4.69) is 5.32 Å². The SMILES string of the molecule is Cc1ccc(S(=O)(=O)N2CCN(C(C)C(=O)Nc3ccccc3-c3ccccc3)CC2)cc1C. The molecule has 1 aliphatic rings. The van der Waals surface area contributed by atoms with Crippen molar-refractivity contribution in [1.82, 2.24) is 9.21 Å². The van der Waals surface area contributed by atoms with Crippen molar-refractivity contribution in [2.24, 2.45) is 0 Å². The first-order valence-corrected chi connectivity index (χ1v) is 13.0. The number of benzene rings is 3. The molecule has 1 aliphatic heterocycles. The highest BCUT2D eigenvalue weighted by molar-refractivity contribution is 7.89. The summed E-state index contributed by atoms with van der Waals surface area (Å²) in [4.78, 5) is 15.4. The quantitative estimate of drug-likeness (QED) is 0.575. The Bertz CT molecular complexity index is 1270. The van der Waals surface area contributed by atoms with E-state index >= 15 is 0 Å². The van der Waals surface area contributed by atoms with Gasteiger partial charge >= 0.3 is 0 Å². The summed E-state index contributed by atoms with van der Waals surface area (Å²) in [6.07, 6.45) is 0. The number of nitrogens with zero attached hydrogens (tertiary/aromatic N) is 2. The van der Waals surface area contributed by atoms with Gasteiger partial charge in [-0.05, 0) is 55.7 Å². The molecule has 6 nitrogen and oxygen atoms in total. The average molecular weight is 478 g/mol. The maximum Gasteiger partial charge on any atom is 0.243 e. The minimum atomic E-state index is -3.55. The molecule has 0 radical (unpaired) electrons. The van der Waals surface area contributed by atoms with E-state index in [4.69, 9.17) is 0 Å². The van der Waals surface area contributed by atoms with E-state index in [1.807, 2.05) is 86.3 Å². The van der Waals surface area contributed by atoms with Crippen LogP contribution in [0.4, 0.5) is 5.69 Å². The van der Waals surface area contributed by atoms with Gasteiger partial charge in [0.05, 0.1) is 10.9 Å². The molecule has 0 bridgehead atoms. The van der Waals surface area contributed by atoms with E-state index in [-0.39, 0.29) is 11.9 Å². The molecule has 3 aromatic rings. The molecule has 1 atom stereocenters. The normalized spacial score (nSPS) is 16.2. The molecule has 178 valence electrons. The van der Waals surface area contributed by atoms with Gasteiger partial charge in [-0.25, -0.2) is 8.42 Å². The Morgan fingerprint density at radius 3 is 2.18 bits per heavy atom. The smallest absolute Gasteiger partial charge is 0.243 e. The number of nitrogens with one attached hydrogen (secondary N) is 1. The van der Waals surface area contributed by atoms with Gasteiger partial charge in [-0.15, -0.1) is 0 Å². The van der Waals surface area contributed by atoms with Crippen LogP contribution in [-0.2, 0) is 14.8 Å². The van der Waals surface area contributed by atoms with Crippen LogP contribution in [0, 0.1) is 13.8 Å². The third-order valence-corrected chi connectivity index (χ3v) is 8.48. The molecule has 0 saturated carbocycles. The number of amides is 1. The fourth-order valence-corrected chi connectivity index (χ4v) is 5.73. The number of anilines is 1. The van der Waals surface area contributed by atoms with Crippen LogP contribution in [0.5, 0.6) is 0 Å². The summed E-state index contributed by atoms with van der Waals surface area (Å²) in [6, 6.07) is 22.6. The van der Waals surface area contributed by atoms with E-state index in [0.717, 1.165) is 27.9 Å². The Kier molecular flexibility index (Phi) is 7.16. The van der Waals surface area contributed by atoms with Crippen LogP contribution < -0.4 is 5.32 Å². The molecule has 0 spiro atoms. The van der Waals surface area contributed by atoms with Crippen LogP contribution in [0.15, 0.2) is 77.7 Å². The van der Waals surface area contributed by atoms with Gasteiger partial charge in [-0.2, -0.15) is 4.31 Å². The molecule has 1 heterocycles. The molecule has 7 heteroatoms. The fourth-order valence-electron chi connectivity index (χ4n) is 4.22. The van der Waals surface area contributed by atoms with E-state index in [0.29, 0.717) is 31.1 Å². The maximum atomic E-state index is 13.1. The lowest BCUT2D eigenvalue weighted by Crippen LogP contribution is -2.53. The molecule has 1 amide bonds. The lowest BCUT2D eigenvalue weighted by molar-refractivity contribution is -0.121. The monoisotopic (exact) mass is 477 g/mol. The topological polar surface area (TPSA) is 69.7 Å². The third kappa shape index (κ3) is 5.06. The summed E-state index contributed by atoms with van der Waals surface area (Å²) < 4.78 is 27.7. The first-order valence-electron chi connectivity index (χ1n) is 11.5. The molecule has 3 aromatic carbocycles. The fraction of sp³-hybridized carbons (Fsp3) is 0.296. The third-order valence-electron chi connectivity index (χ3n) is 6.59. The molecule has 1 N–H and O–H groups in total. The van der Waals surface area contributed by atoms with E-state index < -0.39 is 10.0 Å². The van der Waals surface area contributed by atoms with Gasteiger partial charge in [0.15, 0.2) is 0 Å². The molecular weight excluding hydrogens is 446 g/mol. The van der Waals surface area contributed by atoms with Gasteiger partial charge in [0.2, 0.25) is 15.9 Å². The lowest BCUT2D eigenvalue weighted by atomic mass is 10.0. The van der Waals surface area contributed by atoms with Gasteiger partial charge < -0.3 is 5.32 Å². The van der Waals surface area contributed by atoms with Gasteiger partial charge in [0.25, 0.3) is 0 Å². The Balaban J connectivity index is 1.41. The number of hydrogen-bond acceptors (Lipinski definition) is 4. The zero-order valence-electron chi connectivity index (χ0n) is 19.9. The van der Waals surface area contributed by atoms with Crippen LogP contribution in [0.2, 0.25) is 0 Å². The highest BCUT2D eigenvalue weighted by Crippen LogP contribution is 2.28. The van der Waals surface area contributed by atoms with Crippen molar-refractivity contribution in [3.63, 3.8) is 0 Å². The highest BCUT2D eigenvalue weighted by atomic mass is 32.2. The van der Waals surface area contributed by atoms with Crippen LogP contribution in [0.3, 0.4) is 0 Å². The molecule has 1 unspecified atom stereocenters. The maximum absolute atomic E-state index is 13.1. The highest BCUT2D eigenvalue weighted by Gasteiger charge is 2.32. The van der Waals surface area contributed by atoms with Crippen molar-refractivity contribution in [1.29, 1.82) is 0 Å². The zero-order chi connectivity index (χ0) is 24.3. The average Bonchev–Trinajstić information content (AvgIpc) is 2.86. The number of carbonyl (C=O) groups excluding carboxylic acids is 1. The number of rotatable bonds is 6. The molecule has 0 aliphatic carbocycles. The molecule has 0 aromatic heterocycles. The number of para-hydroxylation sites is 1. The largest absolute Gasteiger partial charge is 0.324 e. The Labute approximate surface area is 202 Å². The molecule has 34 heavy (non-hydrogen) atoms. The van der Waals surface area contributed by atoms with Gasteiger partial charge in [0, 0.05) is 37.4 Å². The molecular formula is C27H31N3O3S. The second-order valence-corrected chi connectivity index (χ2v) is 10.7. The van der Waals surface area contributed by atoms with Gasteiger partial charge in [-0.3, -0.25) is 9.69 Å². The first kappa shape index (κ1) is 24.1. The summed E-state index contributed by atoms with van der Waals surface area (Å²) in [7, 11) is -3.55. The standard InChI is InChI=1S/C27H31N3O3S/c1-20-13-14-24(19-21(20)2)34(32,33)30-17-15-29(16-18-30)22(3)27(31)28-26-12-8-7-11-25(26)23-9-5-4-6-10-23/h4-14,19,22H,15-18H2,1-3H3,(H,28,31). The summed E-state index contributed by atoms with van der Waals surface area (Å²) in [5.41, 5.74) is 4.80. The van der Waals surface area contributed by atoms with E-state index in [1.165, 1.54) is 4.31 Å². The van der Waals surface area contributed by atoms with Crippen molar-refractivity contribution >= 4 is 21.6 Å². The van der Waals surface area contributed by atoms with Crippen LogP contribution in [0.25, 0.3) is 11.1 Å². The second kappa shape index (κ2) is 10.1. The van der Waals surface area contributed by atoms with Crippen molar-refractivity contribution < 1.29 is 13.2 Å². The number of aryl methyl sites for hydroxylation is 2. The number of carbonyl (C=O) groups is 1. The Hall–Kier alpha value is -3.00. The van der Waals surface area contributed by atoms with Crippen molar-refractivity contribution in [3.8, 4) is 11.1 Å². The minimum Gasteiger partial charge on any atom is -0.324 e. The molecule has 1 saturated heterocycles. The zero-order valence-corrected chi connectivity index (χ0v) is 20.7. The number of hydrogen-bond donors (Lipinski definition) is 1. The van der Waals surface area contributed by atoms with Crippen molar-refractivity contribution in [3.05, 3.63) is 83.9 Å². The summed E-state index contributed by atoms with van der Waals surface area (Å²) >= 11 is 0. The summed E-state index contributed by atoms with van der Waals surface area (Å²) in [6.45, 7) is 7.46. The van der Waals surface area contributed by atoms with E-state index in [9.17, 15) is 13.2 Å². The van der Waals surface area contributed by atoms with Gasteiger partial charge in [-0.1, -0.05) is 54.6 Å². The number of sulfonamides is 1. The number of piperazine rings is 1. The predicted octanol–water partition coefficient (Wildman–Crippen LogP) is 4.30. The summed E-state index contributed by atoms with van der Waals surface area (Å²) in [5, 5.41) is 3.07. The predicted molar refractivity (Wildman–Crippen MR) is 136 cm³/mol. The Morgan fingerprint density at radius 2 is 1.50 bits per heavy atom. The van der Waals surface area contributed by atoms with Crippen LogP contribution in [-0.4, -0.2) is 55.8 Å². The summed E-state index contributed by atoms with van der Waals surface area (Å²) in [5.74, 6) is -0.103.